The molecule has 5 heteroatoms. The van der Waals surface area contributed by atoms with Crippen LogP contribution in [-0.2, 0) is 25.8 Å². The van der Waals surface area contributed by atoms with E-state index in [0.29, 0.717) is 6.54 Å². The summed E-state index contributed by atoms with van der Waals surface area (Å²) in [5, 5.41) is 0.841. The number of fused-ring (bicyclic) bond motifs is 4. The molecule has 1 aliphatic heterocycles. The van der Waals surface area contributed by atoms with Crippen molar-refractivity contribution < 1.29 is 0 Å². The third-order valence-corrected chi connectivity index (χ3v) is 6.13. The molecule has 2 aliphatic rings. The highest BCUT2D eigenvalue weighted by atomic mass is 32.1. The van der Waals surface area contributed by atoms with Gasteiger partial charge in [-0.05, 0) is 42.9 Å². The molecule has 0 saturated heterocycles. The summed E-state index contributed by atoms with van der Waals surface area (Å²) in [6.45, 7) is 1.66. The van der Waals surface area contributed by atoms with E-state index < -0.39 is 0 Å². The minimum atomic E-state index is 0.0388. The fraction of sp³-hybridized carbons (Fsp3) is 0.333. The molecule has 23 heavy (non-hydrogen) atoms. The third kappa shape index (κ3) is 2.03. The Morgan fingerprint density at radius 2 is 2.13 bits per heavy atom. The maximum atomic E-state index is 12.5. The van der Waals surface area contributed by atoms with E-state index in [1.807, 2.05) is 0 Å². The topological polar surface area (TPSA) is 49.0 Å². The summed E-state index contributed by atoms with van der Waals surface area (Å²) in [5.41, 5.74) is 3.93. The highest BCUT2D eigenvalue weighted by Crippen LogP contribution is 2.35. The lowest BCUT2D eigenvalue weighted by Crippen LogP contribution is -2.23. The summed E-state index contributed by atoms with van der Waals surface area (Å²) in [6, 6.07) is 8.49. The zero-order valence-corrected chi connectivity index (χ0v) is 13.6. The van der Waals surface area contributed by atoms with Gasteiger partial charge in [-0.15, -0.1) is 11.3 Å². The number of nitrogens with zero attached hydrogens (tertiary/aromatic N) is 2. The van der Waals surface area contributed by atoms with Gasteiger partial charge in [0.05, 0.1) is 11.9 Å². The Morgan fingerprint density at radius 1 is 1.22 bits per heavy atom. The summed E-state index contributed by atoms with van der Waals surface area (Å²) < 4.78 is 0. The number of hydrogen-bond donors (Lipinski definition) is 1. The summed E-state index contributed by atoms with van der Waals surface area (Å²) in [6.07, 6.45) is 4.36. The van der Waals surface area contributed by atoms with Crippen LogP contribution in [0.25, 0.3) is 10.2 Å². The predicted octanol–water partition coefficient (Wildman–Crippen LogP) is 3.04. The summed E-state index contributed by atoms with van der Waals surface area (Å²) in [7, 11) is 0. The molecule has 1 aliphatic carbocycles. The van der Waals surface area contributed by atoms with Crippen LogP contribution in [0.1, 0.15) is 28.2 Å². The molecule has 0 amide bonds. The van der Waals surface area contributed by atoms with Crippen LogP contribution in [0.2, 0.25) is 0 Å². The van der Waals surface area contributed by atoms with Crippen LogP contribution in [-0.4, -0.2) is 16.5 Å². The minimum Gasteiger partial charge on any atom is -0.364 e. The van der Waals surface area contributed by atoms with Crippen molar-refractivity contribution in [2.24, 2.45) is 0 Å². The maximum absolute atomic E-state index is 12.5. The van der Waals surface area contributed by atoms with Gasteiger partial charge in [-0.25, -0.2) is 4.98 Å². The number of aryl methyl sites for hydroxylation is 2. The molecule has 3 heterocycles. The van der Waals surface area contributed by atoms with Crippen molar-refractivity contribution in [1.82, 2.24) is 9.97 Å². The zero-order chi connectivity index (χ0) is 15.4. The van der Waals surface area contributed by atoms with Crippen LogP contribution in [0.4, 0.5) is 5.69 Å². The van der Waals surface area contributed by atoms with E-state index in [4.69, 9.17) is 4.98 Å². The van der Waals surface area contributed by atoms with Crippen molar-refractivity contribution in [1.29, 1.82) is 0 Å². The smallest absolute Gasteiger partial charge is 0.259 e. The number of nitrogens with one attached hydrogen (secondary N) is 1. The van der Waals surface area contributed by atoms with E-state index in [1.165, 1.54) is 28.1 Å². The van der Waals surface area contributed by atoms with Gasteiger partial charge in [0.15, 0.2) is 0 Å². The first-order chi connectivity index (χ1) is 11.3. The molecule has 1 N–H and O–H groups in total. The van der Waals surface area contributed by atoms with Gasteiger partial charge in [0.2, 0.25) is 0 Å². The maximum Gasteiger partial charge on any atom is 0.259 e. The Bertz CT molecular complexity index is 972. The van der Waals surface area contributed by atoms with Gasteiger partial charge in [0, 0.05) is 17.1 Å². The Labute approximate surface area is 137 Å². The largest absolute Gasteiger partial charge is 0.364 e. The third-order valence-electron chi connectivity index (χ3n) is 4.95. The zero-order valence-electron chi connectivity index (χ0n) is 12.8. The molecule has 0 unspecified atom stereocenters. The fourth-order valence-corrected chi connectivity index (χ4v) is 5.15. The van der Waals surface area contributed by atoms with Crippen LogP contribution in [0.15, 0.2) is 29.1 Å². The lowest BCUT2D eigenvalue weighted by atomic mass is 10.2. The van der Waals surface area contributed by atoms with Gasteiger partial charge in [-0.1, -0.05) is 18.2 Å². The predicted molar refractivity (Wildman–Crippen MR) is 93.5 cm³/mol. The van der Waals surface area contributed by atoms with Crippen LogP contribution in [0.3, 0.4) is 0 Å². The van der Waals surface area contributed by atoms with Crippen molar-refractivity contribution in [2.75, 3.05) is 11.4 Å². The molecule has 5 rings (SSSR count). The molecule has 4 nitrogen and oxygen atoms in total. The quantitative estimate of drug-likeness (QED) is 0.788. The number of benzene rings is 1. The summed E-state index contributed by atoms with van der Waals surface area (Å²) >= 11 is 1.71. The molecule has 3 aromatic rings. The average Bonchev–Trinajstić information content (AvgIpc) is 3.21. The van der Waals surface area contributed by atoms with Gasteiger partial charge >= 0.3 is 0 Å². The highest BCUT2D eigenvalue weighted by Gasteiger charge is 2.23. The molecule has 0 saturated carbocycles. The number of rotatable bonds is 2. The van der Waals surface area contributed by atoms with Gasteiger partial charge < -0.3 is 9.88 Å². The van der Waals surface area contributed by atoms with E-state index in [9.17, 15) is 4.79 Å². The molecule has 0 radical (unpaired) electrons. The number of H-pyrrole nitrogens is 1. The second-order valence-electron chi connectivity index (χ2n) is 6.35. The number of aromatic nitrogens is 2. The van der Waals surface area contributed by atoms with Crippen molar-refractivity contribution >= 4 is 27.2 Å². The molecule has 0 fully saturated rings. The molecular formula is C18H17N3OS. The van der Waals surface area contributed by atoms with Gasteiger partial charge in [0.25, 0.3) is 5.56 Å². The number of thiophene rings is 1. The van der Waals surface area contributed by atoms with Crippen LogP contribution in [0.5, 0.6) is 0 Å². The monoisotopic (exact) mass is 323 g/mol. The lowest BCUT2D eigenvalue weighted by molar-refractivity contribution is 0.787. The van der Waals surface area contributed by atoms with Gasteiger partial charge in [-0.2, -0.15) is 0 Å². The number of aromatic amines is 1. The van der Waals surface area contributed by atoms with Crippen LogP contribution < -0.4 is 10.5 Å². The van der Waals surface area contributed by atoms with E-state index in [0.717, 1.165) is 41.8 Å². The van der Waals surface area contributed by atoms with Crippen LogP contribution in [0, 0.1) is 0 Å². The Balaban J connectivity index is 1.54. The number of para-hydroxylation sites is 1. The van der Waals surface area contributed by atoms with Crippen molar-refractivity contribution in [2.45, 2.75) is 32.2 Å². The summed E-state index contributed by atoms with van der Waals surface area (Å²) in [4.78, 5) is 24.9. The van der Waals surface area contributed by atoms with E-state index in [-0.39, 0.29) is 5.56 Å². The molecule has 0 atom stereocenters. The molecule has 1 aromatic carbocycles. The Kier molecular flexibility index (Phi) is 2.85. The van der Waals surface area contributed by atoms with Crippen molar-refractivity contribution in [3.8, 4) is 0 Å². The van der Waals surface area contributed by atoms with E-state index >= 15 is 0 Å². The molecule has 0 spiro atoms. The molecular weight excluding hydrogens is 306 g/mol. The van der Waals surface area contributed by atoms with Gasteiger partial charge in [-0.3, -0.25) is 4.79 Å². The number of hydrogen-bond acceptors (Lipinski definition) is 4. The fourth-order valence-electron chi connectivity index (χ4n) is 3.87. The normalized spacial score (nSPS) is 16.1. The second-order valence-corrected chi connectivity index (χ2v) is 7.43. The Hall–Kier alpha value is -2.14. The van der Waals surface area contributed by atoms with E-state index in [2.05, 4.69) is 34.1 Å². The first kappa shape index (κ1) is 13.3. The molecule has 0 bridgehead atoms. The average molecular weight is 323 g/mol. The minimum absolute atomic E-state index is 0.0388. The first-order valence-corrected chi connectivity index (χ1v) is 8.97. The SMILES string of the molecule is O=c1[nH]c(CN2CCc3ccccc32)nc2sc3c(c12)CCC3. The highest BCUT2D eigenvalue weighted by molar-refractivity contribution is 7.18. The van der Waals surface area contributed by atoms with Crippen LogP contribution >= 0.6 is 11.3 Å². The van der Waals surface area contributed by atoms with Crippen molar-refractivity contribution in [3.63, 3.8) is 0 Å². The lowest BCUT2D eigenvalue weighted by Gasteiger charge is -2.18. The Morgan fingerprint density at radius 3 is 3.09 bits per heavy atom. The first-order valence-electron chi connectivity index (χ1n) is 8.16. The standard InChI is InChI=1S/C18H17N3OS/c22-17-16-12-5-3-7-14(12)23-18(16)20-15(19-17)10-21-9-8-11-4-1-2-6-13(11)21/h1-2,4,6H,3,5,7-10H2,(H,19,20,22). The molecule has 116 valence electrons. The van der Waals surface area contributed by atoms with E-state index in [1.54, 1.807) is 11.3 Å². The number of anilines is 1. The van der Waals surface area contributed by atoms with Gasteiger partial charge in [0.1, 0.15) is 10.7 Å². The second kappa shape index (κ2) is 4.93. The molecule has 2 aromatic heterocycles. The van der Waals surface area contributed by atoms with Crippen molar-refractivity contribution in [3.05, 3.63) is 56.4 Å². The summed E-state index contributed by atoms with van der Waals surface area (Å²) in [5.74, 6) is 0.777.